The Bertz CT molecular complexity index is 1140. The second kappa shape index (κ2) is 11.3. The van der Waals surface area contributed by atoms with Gasteiger partial charge in [0.1, 0.15) is 23.0 Å². The average molecular weight is 493 g/mol. The van der Waals surface area contributed by atoms with E-state index in [9.17, 15) is 22.8 Å². The molecule has 3 aromatic rings. The molecule has 9 nitrogen and oxygen atoms in total. The highest BCUT2D eigenvalue weighted by Crippen LogP contribution is 2.24. The third-order valence-electron chi connectivity index (χ3n) is 4.64. The number of oxazole rings is 1. The molecule has 0 aliphatic heterocycles. The Morgan fingerprint density at radius 3 is 2.23 bits per heavy atom. The largest absolute Gasteiger partial charge is 0.573 e. The van der Waals surface area contributed by atoms with Crippen LogP contribution in [0.25, 0.3) is 0 Å². The molecule has 0 bridgehead atoms. The number of aromatic nitrogens is 1. The molecule has 35 heavy (non-hydrogen) atoms. The summed E-state index contributed by atoms with van der Waals surface area (Å²) in [6, 6.07) is 12.0. The molecule has 0 fully saturated rings. The van der Waals surface area contributed by atoms with E-state index in [1.54, 1.807) is 7.11 Å². The van der Waals surface area contributed by atoms with E-state index in [4.69, 9.17) is 19.6 Å². The van der Waals surface area contributed by atoms with Crippen molar-refractivity contribution in [2.45, 2.75) is 25.7 Å². The number of rotatable bonds is 11. The second-order valence-corrected chi connectivity index (χ2v) is 7.18. The lowest BCUT2D eigenvalue weighted by molar-refractivity contribution is -0.274. The first kappa shape index (κ1) is 25.4. The van der Waals surface area contributed by atoms with Gasteiger partial charge in [0.2, 0.25) is 5.89 Å². The van der Waals surface area contributed by atoms with E-state index in [1.165, 1.54) is 12.1 Å². The lowest BCUT2D eigenvalue weighted by atomic mass is 10.1. The maximum absolute atomic E-state index is 12.2. The van der Waals surface area contributed by atoms with Gasteiger partial charge in [-0.05, 0) is 48.4 Å². The molecule has 0 saturated carbocycles. The number of hydrogen-bond acceptors (Lipinski definition) is 7. The van der Waals surface area contributed by atoms with Crippen molar-refractivity contribution in [2.24, 2.45) is 5.73 Å². The summed E-state index contributed by atoms with van der Waals surface area (Å²) in [5.74, 6) is -0.424. The van der Waals surface area contributed by atoms with Crippen LogP contribution in [-0.4, -0.2) is 36.9 Å². The molecule has 0 saturated heterocycles. The minimum atomic E-state index is -4.80. The van der Waals surface area contributed by atoms with Crippen LogP contribution in [0.5, 0.6) is 17.2 Å². The zero-order valence-corrected chi connectivity index (χ0v) is 18.6. The van der Waals surface area contributed by atoms with E-state index in [0.29, 0.717) is 18.6 Å². The zero-order chi connectivity index (χ0) is 25.4. The normalized spacial score (nSPS) is 11.1. The lowest BCUT2D eigenvalue weighted by Crippen LogP contribution is -2.28. The number of benzene rings is 2. The molecule has 3 rings (SSSR count). The van der Waals surface area contributed by atoms with Gasteiger partial charge in [-0.25, -0.2) is 4.98 Å². The highest BCUT2D eigenvalue weighted by molar-refractivity contribution is 5.91. The Balaban J connectivity index is 1.50. The minimum Gasteiger partial charge on any atom is -0.497 e. The topological polar surface area (TPSA) is 126 Å². The van der Waals surface area contributed by atoms with Gasteiger partial charge < -0.3 is 29.7 Å². The number of halogens is 3. The number of carbonyl (C=O) groups is 2. The van der Waals surface area contributed by atoms with E-state index in [1.807, 2.05) is 24.3 Å². The number of hydrogen-bond donors (Lipinski definition) is 2. The molecule has 12 heteroatoms. The summed E-state index contributed by atoms with van der Waals surface area (Å²) in [4.78, 5) is 27.8. The average Bonchev–Trinajstić information content (AvgIpc) is 3.24. The van der Waals surface area contributed by atoms with Crippen molar-refractivity contribution in [3.05, 3.63) is 71.4 Å². The van der Waals surface area contributed by atoms with Crippen LogP contribution in [-0.2, 0) is 24.2 Å². The molecule has 186 valence electrons. The van der Waals surface area contributed by atoms with Gasteiger partial charge in [-0.2, -0.15) is 0 Å². The molecular formula is C23H22F3N3O6. The van der Waals surface area contributed by atoms with Crippen LogP contribution in [0.2, 0.25) is 0 Å². The Morgan fingerprint density at radius 2 is 1.63 bits per heavy atom. The molecule has 0 radical (unpaired) electrons. The fraction of sp³-hybridized carbons (Fsp3) is 0.261. The Morgan fingerprint density at radius 1 is 1.00 bits per heavy atom. The van der Waals surface area contributed by atoms with Crippen molar-refractivity contribution in [3.63, 3.8) is 0 Å². The SMILES string of the molecule is COc1ccc(CCc2oc(CNC(=O)COc3ccc(OC(F)(F)F)cc3)nc2C(N)=O)cc1. The highest BCUT2D eigenvalue weighted by Gasteiger charge is 2.31. The van der Waals surface area contributed by atoms with Gasteiger partial charge >= 0.3 is 6.36 Å². The van der Waals surface area contributed by atoms with E-state index < -0.39 is 30.5 Å². The molecule has 3 N–H and O–H groups in total. The second-order valence-electron chi connectivity index (χ2n) is 7.18. The van der Waals surface area contributed by atoms with Gasteiger partial charge in [0.05, 0.1) is 13.7 Å². The Labute approximate surface area is 198 Å². The monoisotopic (exact) mass is 493 g/mol. The minimum absolute atomic E-state index is 0.0137. The molecule has 0 atom stereocenters. The summed E-state index contributed by atoms with van der Waals surface area (Å²) in [7, 11) is 1.57. The number of methoxy groups -OCH3 is 1. The summed E-state index contributed by atoms with van der Waals surface area (Å²) < 4.78 is 56.3. The van der Waals surface area contributed by atoms with Crippen LogP contribution in [0.4, 0.5) is 13.2 Å². The van der Waals surface area contributed by atoms with Crippen LogP contribution in [0.15, 0.2) is 52.9 Å². The summed E-state index contributed by atoms with van der Waals surface area (Å²) in [5.41, 5.74) is 6.37. The number of primary amides is 1. The molecule has 1 aromatic heterocycles. The fourth-order valence-corrected chi connectivity index (χ4v) is 3.00. The summed E-state index contributed by atoms with van der Waals surface area (Å²) in [5, 5.41) is 2.52. The van der Waals surface area contributed by atoms with Crippen molar-refractivity contribution >= 4 is 11.8 Å². The van der Waals surface area contributed by atoms with Gasteiger partial charge in [-0.3, -0.25) is 9.59 Å². The standard InChI is InChI=1S/C23H22F3N3O6/c1-32-15-5-2-14(3-6-15)4-11-18-21(22(27)31)29-20(34-18)12-28-19(30)13-33-16-7-9-17(10-8-16)35-23(24,25)26/h2-3,5-10H,4,11-13H2,1H3,(H2,27,31)(H,28,30). The lowest BCUT2D eigenvalue weighted by Gasteiger charge is -2.10. The third-order valence-corrected chi connectivity index (χ3v) is 4.64. The van der Waals surface area contributed by atoms with Gasteiger partial charge in [-0.15, -0.1) is 13.2 Å². The number of nitrogens with one attached hydrogen (secondary N) is 1. The maximum atomic E-state index is 12.2. The van der Waals surface area contributed by atoms with E-state index in [-0.39, 0.29) is 23.9 Å². The molecular weight excluding hydrogens is 471 g/mol. The Kier molecular flexibility index (Phi) is 8.18. The van der Waals surface area contributed by atoms with Crippen molar-refractivity contribution < 1.29 is 41.4 Å². The van der Waals surface area contributed by atoms with Crippen LogP contribution in [0.1, 0.15) is 27.7 Å². The first-order chi connectivity index (χ1) is 16.6. The molecule has 1 heterocycles. The highest BCUT2D eigenvalue weighted by atomic mass is 19.4. The number of nitrogens with two attached hydrogens (primary N) is 1. The summed E-state index contributed by atoms with van der Waals surface area (Å²) >= 11 is 0. The molecule has 0 aliphatic carbocycles. The summed E-state index contributed by atoms with van der Waals surface area (Å²) in [6.07, 6.45) is -3.87. The molecule has 0 spiro atoms. The number of amides is 2. The van der Waals surface area contributed by atoms with Crippen LogP contribution in [0, 0.1) is 0 Å². The summed E-state index contributed by atoms with van der Waals surface area (Å²) in [6.45, 7) is -0.531. The van der Waals surface area contributed by atoms with Gasteiger partial charge in [0, 0.05) is 6.42 Å². The molecule has 0 aliphatic rings. The predicted octanol–water partition coefficient (Wildman–Crippen LogP) is 3.16. The number of aryl methyl sites for hydroxylation is 2. The van der Waals surface area contributed by atoms with Crippen LogP contribution >= 0.6 is 0 Å². The number of carbonyl (C=O) groups excluding carboxylic acids is 2. The van der Waals surface area contributed by atoms with Gasteiger partial charge in [-0.1, -0.05) is 12.1 Å². The van der Waals surface area contributed by atoms with E-state index in [0.717, 1.165) is 23.4 Å². The van der Waals surface area contributed by atoms with Crippen molar-refractivity contribution in [1.29, 1.82) is 0 Å². The smallest absolute Gasteiger partial charge is 0.497 e. The zero-order valence-electron chi connectivity index (χ0n) is 18.6. The first-order valence-electron chi connectivity index (χ1n) is 10.3. The van der Waals surface area contributed by atoms with Crippen LogP contribution < -0.4 is 25.3 Å². The number of alkyl halides is 3. The van der Waals surface area contributed by atoms with Crippen molar-refractivity contribution in [2.75, 3.05) is 13.7 Å². The Hall–Kier alpha value is -4.22. The predicted molar refractivity (Wildman–Crippen MR) is 116 cm³/mol. The van der Waals surface area contributed by atoms with Crippen LogP contribution in [0.3, 0.4) is 0 Å². The molecule has 2 aromatic carbocycles. The van der Waals surface area contributed by atoms with Gasteiger partial charge in [0.25, 0.3) is 11.8 Å². The fourth-order valence-electron chi connectivity index (χ4n) is 3.00. The van der Waals surface area contributed by atoms with E-state index >= 15 is 0 Å². The molecule has 2 amide bonds. The maximum Gasteiger partial charge on any atom is 0.573 e. The van der Waals surface area contributed by atoms with Crippen molar-refractivity contribution in [3.8, 4) is 17.2 Å². The van der Waals surface area contributed by atoms with Crippen molar-refractivity contribution in [1.82, 2.24) is 10.3 Å². The first-order valence-corrected chi connectivity index (χ1v) is 10.3. The van der Waals surface area contributed by atoms with Gasteiger partial charge in [0.15, 0.2) is 12.3 Å². The third kappa shape index (κ3) is 7.95. The quantitative estimate of drug-likeness (QED) is 0.420. The number of nitrogens with zero attached hydrogens (tertiary/aromatic N) is 1. The number of ether oxygens (including phenoxy) is 3. The van der Waals surface area contributed by atoms with E-state index in [2.05, 4.69) is 15.0 Å². The molecule has 0 unspecified atom stereocenters.